The van der Waals surface area contributed by atoms with Crippen LogP contribution >= 0.6 is 0 Å². The number of hydrogen-bond acceptors (Lipinski definition) is 4. The van der Waals surface area contributed by atoms with E-state index in [1.807, 2.05) is 0 Å². The lowest BCUT2D eigenvalue weighted by molar-refractivity contribution is 0.122. The van der Waals surface area contributed by atoms with E-state index in [1.165, 1.54) is 11.3 Å². The number of anilines is 1. The molecule has 20 heavy (non-hydrogen) atoms. The van der Waals surface area contributed by atoms with E-state index >= 15 is 0 Å². The standard InChI is InChI=1S/C15H22N2O3/c1-2-20-15(18)16-8-7-13-3-5-14(6-4-13)17-9-11-19-12-10-17/h3-6H,2,7-12H2,1H3,(H,16,18). The third kappa shape index (κ3) is 4.42. The number of morpholine rings is 1. The van der Waals surface area contributed by atoms with Crippen molar-refractivity contribution in [1.29, 1.82) is 0 Å². The van der Waals surface area contributed by atoms with Gasteiger partial charge in [0.25, 0.3) is 0 Å². The fraction of sp³-hybridized carbons (Fsp3) is 0.533. The van der Waals surface area contributed by atoms with Crippen LogP contribution in [0.15, 0.2) is 24.3 Å². The van der Waals surface area contributed by atoms with Crippen LogP contribution in [0.25, 0.3) is 0 Å². The lowest BCUT2D eigenvalue weighted by Crippen LogP contribution is -2.36. The molecule has 1 amide bonds. The van der Waals surface area contributed by atoms with Gasteiger partial charge in [0.15, 0.2) is 0 Å². The second-order valence-electron chi connectivity index (χ2n) is 4.66. The summed E-state index contributed by atoms with van der Waals surface area (Å²) in [6.07, 6.45) is 0.458. The second kappa shape index (κ2) is 7.75. The molecule has 1 N–H and O–H groups in total. The highest BCUT2D eigenvalue weighted by Gasteiger charge is 2.10. The van der Waals surface area contributed by atoms with Crippen LogP contribution in [0.5, 0.6) is 0 Å². The minimum absolute atomic E-state index is 0.350. The zero-order valence-corrected chi connectivity index (χ0v) is 11.9. The lowest BCUT2D eigenvalue weighted by atomic mass is 10.1. The van der Waals surface area contributed by atoms with Gasteiger partial charge in [-0.2, -0.15) is 0 Å². The summed E-state index contributed by atoms with van der Waals surface area (Å²) in [4.78, 5) is 13.5. The first-order valence-electron chi connectivity index (χ1n) is 7.12. The molecule has 0 aromatic heterocycles. The van der Waals surface area contributed by atoms with E-state index in [1.54, 1.807) is 6.92 Å². The maximum Gasteiger partial charge on any atom is 0.407 e. The Kier molecular flexibility index (Phi) is 5.68. The highest BCUT2D eigenvalue weighted by molar-refractivity contribution is 5.67. The molecule has 0 unspecified atom stereocenters. The number of nitrogens with zero attached hydrogens (tertiary/aromatic N) is 1. The fourth-order valence-corrected chi connectivity index (χ4v) is 2.19. The highest BCUT2D eigenvalue weighted by Crippen LogP contribution is 2.16. The van der Waals surface area contributed by atoms with Crippen LogP contribution < -0.4 is 10.2 Å². The van der Waals surface area contributed by atoms with Crippen molar-refractivity contribution in [2.75, 3.05) is 44.4 Å². The zero-order chi connectivity index (χ0) is 14.2. The minimum Gasteiger partial charge on any atom is -0.450 e. The molecule has 1 aliphatic heterocycles. The van der Waals surface area contributed by atoms with Gasteiger partial charge in [0, 0.05) is 25.3 Å². The summed E-state index contributed by atoms with van der Waals surface area (Å²) in [5.41, 5.74) is 2.44. The van der Waals surface area contributed by atoms with Crippen molar-refractivity contribution in [1.82, 2.24) is 5.32 Å². The summed E-state index contributed by atoms with van der Waals surface area (Å²) < 4.78 is 10.2. The van der Waals surface area contributed by atoms with Crippen molar-refractivity contribution in [3.63, 3.8) is 0 Å². The van der Waals surface area contributed by atoms with E-state index in [4.69, 9.17) is 9.47 Å². The summed E-state index contributed by atoms with van der Waals surface area (Å²) >= 11 is 0. The van der Waals surface area contributed by atoms with Crippen molar-refractivity contribution in [2.24, 2.45) is 0 Å². The second-order valence-corrected chi connectivity index (χ2v) is 4.66. The average molecular weight is 278 g/mol. The molecule has 0 bridgehead atoms. The van der Waals surface area contributed by atoms with Crippen molar-refractivity contribution in [3.05, 3.63) is 29.8 Å². The van der Waals surface area contributed by atoms with Crippen LogP contribution in [0.3, 0.4) is 0 Å². The quantitative estimate of drug-likeness (QED) is 0.892. The Bertz CT molecular complexity index is 414. The monoisotopic (exact) mass is 278 g/mol. The zero-order valence-electron chi connectivity index (χ0n) is 11.9. The number of carbonyl (C=O) groups excluding carboxylic acids is 1. The Morgan fingerprint density at radius 1 is 1.30 bits per heavy atom. The molecule has 1 saturated heterocycles. The number of benzene rings is 1. The first-order chi connectivity index (χ1) is 9.79. The van der Waals surface area contributed by atoms with Gasteiger partial charge in [-0.15, -0.1) is 0 Å². The van der Waals surface area contributed by atoms with Gasteiger partial charge in [0.1, 0.15) is 0 Å². The van der Waals surface area contributed by atoms with Crippen molar-refractivity contribution in [2.45, 2.75) is 13.3 Å². The maximum absolute atomic E-state index is 11.1. The molecular formula is C15H22N2O3. The molecule has 0 atom stereocenters. The predicted octanol–water partition coefficient (Wildman–Crippen LogP) is 1.81. The first-order valence-corrected chi connectivity index (χ1v) is 7.12. The molecule has 110 valence electrons. The maximum atomic E-state index is 11.1. The normalized spacial score (nSPS) is 14.9. The van der Waals surface area contributed by atoms with Crippen LogP contribution in [0.4, 0.5) is 10.5 Å². The minimum atomic E-state index is -0.350. The first kappa shape index (κ1) is 14.7. The van der Waals surface area contributed by atoms with Gasteiger partial charge in [0.05, 0.1) is 19.8 Å². The SMILES string of the molecule is CCOC(=O)NCCc1ccc(N2CCOCC2)cc1. The molecule has 0 aliphatic carbocycles. The van der Waals surface area contributed by atoms with E-state index in [0.717, 1.165) is 32.7 Å². The summed E-state index contributed by atoms with van der Waals surface area (Å²) in [6.45, 7) is 6.28. The van der Waals surface area contributed by atoms with Gasteiger partial charge < -0.3 is 19.7 Å². The summed E-state index contributed by atoms with van der Waals surface area (Å²) in [7, 11) is 0. The molecule has 1 aromatic carbocycles. The van der Waals surface area contributed by atoms with Crippen LogP contribution in [0.2, 0.25) is 0 Å². The number of ether oxygens (including phenoxy) is 2. The fourth-order valence-electron chi connectivity index (χ4n) is 2.19. The topological polar surface area (TPSA) is 50.8 Å². The molecule has 0 radical (unpaired) electrons. The predicted molar refractivity (Wildman–Crippen MR) is 78.2 cm³/mol. The van der Waals surface area contributed by atoms with Crippen LogP contribution in [0.1, 0.15) is 12.5 Å². The summed E-state index contributed by atoms with van der Waals surface area (Å²) in [5, 5.41) is 2.72. The van der Waals surface area contributed by atoms with Gasteiger partial charge in [-0.1, -0.05) is 12.1 Å². The number of amides is 1. The van der Waals surface area contributed by atoms with E-state index in [2.05, 4.69) is 34.5 Å². The molecule has 5 nitrogen and oxygen atoms in total. The molecule has 0 saturated carbocycles. The molecule has 1 aromatic rings. The molecule has 2 rings (SSSR count). The molecule has 0 spiro atoms. The number of hydrogen-bond donors (Lipinski definition) is 1. The Balaban J connectivity index is 1.77. The third-order valence-corrected chi connectivity index (χ3v) is 3.27. The molecule has 1 heterocycles. The molecule has 1 aliphatic rings. The van der Waals surface area contributed by atoms with Gasteiger partial charge >= 0.3 is 6.09 Å². The van der Waals surface area contributed by atoms with E-state index in [0.29, 0.717) is 13.2 Å². The largest absolute Gasteiger partial charge is 0.450 e. The number of alkyl carbamates (subject to hydrolysis) is 1. The Hall–Kier alpha value is -1.75. The smallest absolute Gasteiger partial charge is 0.407 e. The lowest BCUT2D eigenvalue weighted by Gasteiger charge is -2.28. The van der Waals surface area contributed by atoms with E-state index in [9.17, 15) is 4.79 Å². The molecule has 1 fully saturated rings. The van der Waals surface area contributed by atoms with E-state index in [-0.39, 0.29) is 6.09 Å². The summed E-state index contributed by atoms with van der Waals surface area (Å²) in [5.74, 6) is 0. The van der Waals surface area contributed by atoms with Crippen LogP contribution in [0, 0.1) is 0 Å². The average Bonchev–Trinajstić information content (AvgIpc) is 2.49. The van der Waals surface area contributed by atoms with Crippen LogP contribution in [-0.2, 0) is 15.9 Å². The molecular weight excluding hydrogens is 256 g/mol. The number of nitrogens with one attached hydrogen (secondary N) is 1. The Morgan fingerprint density at radius 3 is 2.65 bits per heavy atom. The van der Waals surface area contributed by atoms with Crippen molar-refractivity contribution in [3.8, 4) is 0 Å². The van der Waals surface area contributed by atoms with Gasteiger partial charge in [-0.05, 0) is 31.0 Å². The van der Waals surface area contributed by atoms with Crippen LogP contribution in [-0.4, -0.2) is 45.5 Å². The Labute approximate surface area is 119 Å². The molecule has 5 heteroatoms. The van der Waals surface area contributed by atoms with Gasteiger partial charge in [-0.25, -0.2) is 4.79 Å². The van der Waals surface area contributed by atoms with Gasteiger partial charge in [-0.3, -0.25) is 0 Å². The summed E-state index contributed by atoms with van der Waals surface area (Å²) in [6, 6.07) is 8.48. The van der Waals surface area contributed by atoms with Gasteiger partial charge in [0.2, 0.25) is 0 Å². The third-order valence-electron chi connectivity index (χ3n) is 3.27. The highest BCUT2D eigenvalue weighted by atomic mass is 16.5. The Morgan fingerprint density at radius 2 is 2.00 bits per heavy atom. The number of carbonyl (C=O) groups is 1. The van der Waals surface area contributed by atoms with Crippen molar-refractivity contribution < 1.29 is 14.3 Å². The number of rotatable bonds is 5. The van der Waals surface area contributed by atoms with E-state index < -0.39 is 0 Å². The van der Waals surface area contributed by atoms with Crippen molar-refractivity contribution >= 4 is 11.8 Å².